The first-order chi connectivity index (χ1) is 14.9. The van der Waals surface area contributed by atoms with Gasteiger partial charge in [0, 0.05) is 0 Å². The summed E-state index contributed by atoms with van der Waals surface area (Å²) in [5, 5.41) is 0. The summed E-state index contributed by atoms with van der Waals surface area (Å²) in [6, 6.07) is 9.53. The summed E-state index contributed by atoms with van der Waals surface area (Å²) in [4.78, 5) is 0. The molecule has 0 N–H and O–H groups in total. The minimum Gasteiger partial charge on any atom is -0.0996 e. The molecule has 31 heavy (non-hydrogen) atoms. The maximum absolute atomic E-state index is 4.54. The Balaban J connectivity index is 1.34. The molecule has 1 unspecified atom stereocenters. The third kappa shape index (κ3) is 5.31. The highest BCUT2D eigenvalue weighted by Crippen LogP contribution is 2.67. The summed E-state index contributed by atoms with van der Waals surface area (Å²) in [6.07, 6.45) is 18.5. The van der Waals surface area contributed by atoms with Gasteiger partial charge in [0.15, 0.2) is 0 Å². The van der Waals surface area contributed by atoms with E-state index in [4.69, 9.17) is 0 Å². The van der Waals surface area contributed by atoms with Gasteiger partial charge in [-0.15, -0.1) is 0 Å². The lowest BCUT2D eigenvalue weighted by Crippen LogP contribution is -2.38. The molecule has 3 saturated carbocycles. The van der Waals surface area contributed by atoms with Gasteiger partial charge in [-0.25, -0.2) is 0 Å². The van der Waals surface area contributed by atoms with Crippen LogP contribution in [0.1, 0.15) is 109 Å². The molecule has 0 saturated heterocycles. The Morgan fingerprint density at radius 3 is 1.84 bits per heavy atom. The van der Waals surface area contributed by atoms with E-state index < -0.39 is 0 Å². The second-order valence-corrected chi connectivity index (χ2v) is 12.3. The molecule has 4 rings (SSSR count). The highest BCUT2D eigenvalue weighted by molar-refractivity contribution is 5.23. The molecular formula is C31H48. The van der Waals surface area contributed by atoms with Gasteiger partial charge in [-0.1, -0.05) is 63.6 Å². The molecule has 3 fully saturated rings. The van der Waals surface area contributed by atoms with E-state index in [1.165, 1.54) is 100 Å². The number of benzene rings is 1. The molecule has 0 heterocycles. The Morgan fingerprint density at radius 2 is 1.42 bits per heavy atom. The summed E-state index contributed by atoms with van der Waals surface area (Å²) in [5.74, 6) is 3.72. The van der Waals surface area contributed by atoms with Crippen molar-refractivity contribution in [1.82, 2.24) is 0 Å². The zero-order chi connectivity index (χ0) is 22.1. The molecular weight excluding hydrogens is 372 g/mol. The van der Waals surface area contributed by atoms with Crippen molar-refractivity contribution in [1.29, 1.82) is 0 Å². The van der Waals surface area contributed by atoms with Gasteiger partial charge in [0.05, 0.1) is 0 Å². The maximum Gasteiger partial charge on any atom is -0.00930 e. The van der Waals surface area contributed by atoms with E-state index >= 15 is 0 Å². The molecule has 0 bridgehead atoms. The van der Waals surface area contributed by atoms with Gasteiger partial charge in [-0.3, -0.25) is 0 Å². The van der Waals surface area contributed by atoms with Crippen LogP contribution >= 0.6 is 0 Å². The van der Waals surface area contributed by atoms with Gasteiger partial charge < -0.3 is 0 Å². The molecule has 0 nitrogen and oxygen atoms in total. The van der Waals surface area contributed by atoms with Crippen molar-refractivity contribution >= 4 is 0 Å². The van der Waals surface area contributed by atoms with Gasteiger partial charge in [0.1, 0.15) is 0 Å². The predicted molar refractivity (Wildman–Crippen MR) is 135 cm³/mol. The minimum absolute atomic E-state index is 0.432. The fraction of sp³-hybridized carbons (Fsp3) is 0.742. The maximum atomic E-state index is 4.54. The average molecular weight is 421 g/mol. The lowest BCUT2D eigenvalue weighted by molar-refractivity contribution is 0.0506. The van der Waals surface area contributed by atoms with Crippen molar-refractivity contribution in [3.8, 4) is 0 Å². The van der Waals surface area contributed by atoms with E-state index in [1.807, 2.05) is 0 Å². The first kappa shape index (κ1) is 23.1. The molecule has 0 radical (unpaired) electrons. The third-order valence-corrected chi connectivity index (χ3v) is 9.62. The van der Waals surface area contributed by atoms with Crippen LogP contribution in [0.3, 0.4) is 0 Å². The van der Waals surface area contributed by atoms with Gasteiger partial charge >= 0.3 is 0 Å². The van der Waals surface area contributed by atoms with E-state index in [1.54, 1.807) is 0 Å². The number of rotatable bonds is 11. The largest absolute Gasteiger partial charge is 0.0996 e. The van der Waals surface area contributed by atoms with Crippen LogP contribution < -0.4 is 0 Å². The molecule has 0 spiro atoms. The Morgan fingerprint density at radius 1 is 0.903 bits per heavy atom. The van der Waals surface area contributed by atoms with Gasteiger partial charge in [-0.05, 0) is 130 Å². The zero-order valence-electron chi connectivity index (χ0n) is 21.0. The minimum atomic E-state index is 0.432. The van der Waals surface area contributed by atoms with Gasteiger partial charge in [0.25, 0.3) is 0 Å². The molecule has 1 aromatic carbocycles. The molecule has 0 amide bonds. The third-order valence-electron chi connectivity index (χ3n) is 9.62. The quantitative estimate of drug-likeness (QED) is 0.313. The summed E-state index contributed by atoms with van der Waals surface area (Å²) < 4.78 is 0. The molecule has 1 atom stereocenters. The Hall–Kier alpha value is -1.04. The Kier molecular flexibility index (Phi) is 7.05. The van der Waals surface area contributed by atoms with E-state index in [2.05, 4.69) is 58.5 Å². The lowest BCUT2D eigenvalue weighted by Gasteiger charge is -2.48. The van der Waals surface area contributed by atoms with Crippen molar-refractivity contribution < 1.29 is 0 Å². The molecule has 3 aliphatic rings. The van der Waals surface area contributed by atoms with Crippen molar-refractivity contribution in [2.45, 2.75) is 111 Å². The summed E-state index contributed by atoms with van der Waals surface area (Å²) >= 11 is 0. The molecule has 0 heteroatoms. The fourth-order valence-electron chi connectivity index (χ4n) is 7.10. The lowest BCUT2D eigenvalue weighted by atomic mass is 9.56. The summed E-state index contributed by atoms with van der Waals surface area (Å²) in [7, 11) is 0. The molecule has 1 aromatic rings. The number of allylic oxidation sites excluding steroid dienone is 1. The van der Waals surface area contributed by atoms with Crippen LogP contribution in [-0.4, -0.2) is 0 Å². The predicted octanol–water partition coefficient (Wildman–Crippen LogP) is 9.18. The first-order valence-corrected chi connectivity index (χ1v) is 13.6. The van der Waals surface area contributed by atoms with E-state index in [9.17, 15) is 0 Å². The van der Waals surface area contributed by atoms with Crippen LogP contribution in [0.5, 0.6) is 0 Å². The molecule has 3 aliphatic carbocycles. The van der Waals surface area contributed by atoms with Crippen LogP contribution in [0.15, 0.2) is 36.4 Å². The normalized spacial score (nSPS) is 23.6. The van der Waals surface area contributed by atoms with Crippen molar-refractivity contribution in [2.75, 3.05) is 0 Å². The second kappa shape index (κ2) is 9.44. The van der Waals surface area contributed by atoms with E-state index in [0.29, 0.717) is 5.41 Å². The van der Waals surface area contributed by atoms with Crippen LogP contribution in [0.2, 0.25) is 0 Å². The SMILES string of the molecule is C=C(C)C1(CCC(CC)Cc2ccc(CC(C)C)cc2)CCC(C2CC2)(C2CC2)CC1. The van der Waals surface area contributed by atoms with Crippen molar-refractivity contribution in [2.24, 2.45) is 34.5 Å². The second-order valence-electron chi connectivity index (χ2n) is 12.3. The number of hydrogen-bond donors (Lipinski definition) is 0. The highest BCUT2D eigenvalue weighted by Gasteiger charge is 2.56. The Bertz CT molecular complexity index is 706. The average Bonchev–Trinajstić information content (AvgIpc) is 3.64. The Labute approximate surface area is 193 Å². The highest BCUT2D eigenvalue weighted by atomic mass is 14.6. The van der Waals surface area contributed by atoms with Crippen molar-refractivity contribution in [3.63, 3.8) is 0 Å². The standard InChI is InChI=1S/C31H48/c1-6-25(22-27-9-7-26(8-10-27)21-23(2)3)15-16-30(24(4)5)17-19-31(20-18-30,28-11-12-28)29-13-14-29/h7-10,23,25,28-29H,4,6,11-22H2,1-3,5H3. The van der Waals surface area contributed by atoms with E-state index in [-0.39, 0.29) is 0 Å². The fourth-order valence-corrected chi connectivity index (χ4v) is 7.10. The van der Waals surface area contributed by atoms with Crippen LogP contribution in [0.4, 0.5) is 0 Å². The topological polar surface area (TPSA) is 0 Å². The molecule has 0 aliphatic heterocycles. The van der Waals surface area contributed by atoms with Crippen LogP contribution in [-0.2, 0) is 12.8 Å². The molecule has 0 aromatic heterocycles. The summed E-state index contributed by atoms with van der Waals surface area (Å²) in [6.45, 7) is 13.9. The zero-order valence-corrected chi connectivity index (χ0v) is 21.0. The van der Waals surface area contributed by atoms with Crippen molar-refractivity contribution in [3.05, 3.63) is 47.5 Å². The first-order valence-electron chi connectivity index (χ1n) is 13.6. The van der Waals surface area contributed by atoms with E-state index in [0.717, 1.165) is 29.1 Å². The summed E-state index contributed by atoms with van der Waals surface area (Å²) in [5.41, 5.74) is 5.70. The van der Waals surface area contributed by atoms with Crippen LogP contribution in [0.25, 0.3) is 0 Å². The van der Waals surface area contributed by atoms with Gasteiger partial charge in [0.2, 0.25) is 0 Å². The molecule has 172 valence electrons. The number of hydrogen-bond acceptors (Lipinski definition) is 0. The van der Waals surface area contributed by atoms with Gasteiger partial charge in [-0.2, -0.15) is 0 Å². The van der Waals surface area contributed by atoms with Crippen LogP contribution in [0, 0.1) is 34.5 Å². The smallest absolute Gasteiger partial charge is 0.00930 e. The monoisotopic (exact) mass is 420 g/mol.